The predicted molar refractivity (Wildman–Crippen MR) is 90.2 cm³/mol. The molecule has 0 aliphatic carbocycles. The summed E-state index contributed by atoms with van der Waals surface area (Å²) in [6.45, 7) is 4.68. The van der Waals surface area contributed by atoms with Crippen LogP contribution in [0.2, 0.25) is 0 Å². The van der Waals surface area contributed by atoms with Gasteiger partial charge in [0.05, 0.1) is 5.56 Å². The maximum absolute atomic E-state index is 13.4. The van der Waals surface area contributed by atoms with Gasteiger partial charge >= 0.3 is 0 Å². The first-order chi connectivity index (χ1) is 10.8. The number of nitrogens with zero attached hydrogens (tertiary/aromatic N) is 2. The minimum atomic E-state index is -0.248. The average molecular weight is 315 g/mol. The van der Waals surface area contributed by atoms with E-state index >= 15 is 0 Å². The van der Waals surface area contributed by atoms with Crippen LogP contribution in [0.15, 0.2) is 42.6 Å². The Morgan fingerprint density at radius 3 is 2.57 bits per heavy atom. The van der Waals surface area contributed by atoms with Crippen molar-refractivity contribution in [1.82, 2.24) is 9.88 Å². The zero-order chi connectivity index (χ0) is 17.0. The van der Waals surface area contributed by atoms with E-state index < -0.39 is 0 Å². The Morgan fingerprint density at radius 1 is 1.26 bits per heavy atom. The second kappa shape index (κ2) is 6.77. The first-order valence-electron chi connectivity index (χ1n) is 7.47. The lowest BCUT2D eigenvalue weighted by atomic mass is 9.84. The van der Waals surface area contributed by atoms with Crippen molar-refractivity contribution in [3.63, 3.8) is 0 Å². The smallest absolute Gasteiger partial charge is 0.254 e. The molecular formula is C18H22FN3O. The minimum absolute atomic E-state index is 0.0795. The summed E-state index contributed by atoms with van der Waals surface area (Å²) in [4.78, 5) is 17.6. The summed E-state index contributed by atoms with van der Waals surface area (Å²) in [6, 6.07) is 10.1. The van der Waals surface area contributed by atoms with E-state index in [1.165, 1.54) is 11.0 Å². The van der Waals surface area contributed by atoms with Crippen molar-refractivity contribution in [2.24, 2.45) is 0 Å². The third-order valence-electron chi connectivity index (χ3n) is 3.73. The number of nitrogens with one attached hydrogen (secondary N) is 1. The Bertz CT molecular complexity index is 681. The van der Waals surface area contributed by atoms with Crippen molar-refractivity contribution >= 4 is 11.7 Å². The molecule has 0 atom stereocenters. The second-order valence-corrected chi connectivity index (χ2v) is 6.38. The topological polar surface area (TPSA) is 45.2 Å². The number of benzene rings is 1. The van der Waals surface area contributed by atoms with E-state index in [1.54, 1.807) is 44.6 Å². The zero-order valence-electron chi connectivity index (χ0n) is 13.9. The second-order valence-electron chi connectivity index (χ2n) is 6.38. The van der Waals surface area contributed by atoms with Crippen molar-refractivity contribution in [2.75, 3.05) is 26.0 Å². The molecule has 0 bridgehead atoms. The van der Waals surface area contributed by atoms with Crippen LogP contribution in [0.1, 0.15) is 29.8 Å². The van der Waals surface area contributed by atoms with E-state index in [4.69, 9.17) is 0 Å². The first-order valence-corrected chi connectivity index (χ1v) is 7.47. The van der Waals surface area contributed by atoms with Crippen LogP contribution < -0.4 is 5.32 Å². The highest BCUT2D eigenvalue weighted by molar-refractivity contribution is 5.93. The molecule has 0 saturated carbocycles. The molecule has 0 unspecified atom stereocenters. The lowest BCUT2D eigenvalue weighted by Gasteiger charge is -2.26. The van der Waals surface area contributed by atoms with Gasteiger partial charge in [-0.2, -0.15) is 0 Å². The number of pyridine rings is 1. The number of hydrogen-bond acceptors (Lipinski definition) is 3. The van der Waals surface area contributed by atoms with Gasteiger partial charge in [-0.1, -0.05) is 26.0 Å². The molecular weight excluding hydrogens is 293 g/mol. The Balaban J connectivity index is 2.04. The number of anilines is 1. The molecule has 4 nitrogen and oxygen atoms in total. The molecule has 1 N–H and O–H groups in total. The molecule has 1 heterocycles. The maximum atomic E-state index is 13.4. The highest BCUT2D eigenvalue weighted by Gasteiger charge is 2.21. The van der Waals surface area contributed by atoms with Crippen molar-refractivity contribution in [2.45, 2.75) is 19.3 Å². The van der Waals surface area contributed by atoms with Crippen molar-refractivity contribution in [3.05, 3.63) is 59.5 Å². The average Bonchev–Trinajstić information content (AvgIpc) is 2.53. The molecule has 0 aliphatic rings. The Morgan fingerprint density at radius 2 is 2.00 bits per heavy atom. The van der Waals surface area contributed by atoms with Crippen molar-refractivity contribution in [3.8, 4) is 0 Å². The number of hydrogen-bond donors (Lipinski definition) is 1. The number of halogens is 1. The lowest BCUT2D eigenvalue weighted by molar-refractivity contribution is 0.0827. The van der Waals surface area contributed by atoms with Crippen LogP contribution >= 0.6 is 0 Å². The minimum Gasteiger partial charge on any atom is -0.369 e. The SMILES string of the molecule is CN(C)C(=O)c1ccc(NCC(C)(C)c2cccc(F)c2)nc1. The lowest BCUT2D eigenvalue weighted by Crippen LogP contribution is -2.28. The molecule has 0 aliphatic heterocycles. The molecule has 0 spiro atoms. The van der Waals surface area contributed by atoms with Gasteiger partial charge in [-0.25, -0.2) is 9.37 Å². The fraction of sp³-hybridized carbons (Fsp3) is 0.333. The number of aromatic nitrogens is 1. The normalized spacial score (nSPS) is 11.2. The number of carbonyl (C=O) groups excluding carboxylic acids is 1. The molecule has 122 valence electrons. The highest BCUT2D eigenvalue weighted by atomic mass is 19.1. The van der Waals surface area contributed by atoms with Gasteiger partial charge in [0.15, 0.2) is 0 Å². The van der Waals surface area contributed by atoms with Gasteiger partial charge < -0.3 is 10.2 Å². The van der Waals surface area contributed by atoms with Crippen LogP contribution in [0.3, 0.4) is 0 Å². The van der Waals surface area contributed by atoms with E-state index in [9.17, 15) is 9.18 Å². The molecule has 0 saturated heterocycles. The van der Waals surface area contributed by atoms with Gasteiger partial charge in [-0.05, 0) is 29.8 Å². The van der Waals surface area contributed by atoms with Gasteiger partial charge in [-0.15, -0.1) is 0 Å². The Labute approximate surface area is 136 Å². The fourth-order valence-electron chi connectivity index (χ4n) is 2.21. The Kier molecular flexibility index (Phi) is 4.98. The van der Waals surface area contributed by atoms with Gasteiger partial charge in [0, 0.05) is 32.3 Å². The number of carbonyl (C=O) groups is 1. The third-order valence-corrected chi connectivity index (χ3v) is 3.73. The van der Waals surface area contributed by atoms with Gasteiger partial charge in [0.25, 0.3) is 5.91 Å². The summed E-state index contributed by atoms with van der Waals surface area (Å²) >= 11 is 0. The summed E-state index contributed by atoms with van der Waals surface area (Å²) in [6.07, 6.45) is 1.56. The molecule has 1 aromatic heterocycles. The summed E-state index contributed by atoms with van der Waals surface area (Å²) in [5.41, 5.74) is 1.22. The van der Waals surface area contributed by atoms with Crippen LogP contribution in [-0.4, -0.2) is 36.4 Å². The van der Waals surface area contributed by atoms with E-state index in [2.05, 4.69) is 10.3 Å². The molecule has 5 heteroatoms. The number of amides is 1. The van der Waals surface area contributed by atoms with Crippen LogP contribution in [-0.2, 0) is 5.41 Å². The highest BCUT2D eigenvalue weighted by Crippen LogP contribution is 2.24. The standard InChI is InChI=1S/C18H22FN3O/c1-18(2,14-6-5-7-15(19)10-14)12-21-16-9-8-13(11-20-16)17(23)22(3)4/h5-11H,12H2,1-4H3,(H,20,21). The molecule has 0 fully saturated rings. The van der Waals surface area contributed by atoms with E-state index in [0.717, 1.165) is 5.56 Å². The fourth-order valence-corrected chi connectivity index (χ4v) is 2.21. The molecule has 2 rings (SSSR count). The molecule has 0 radical (unpaired) electrons. The third kappa shape index (κ3) is 4.28. The maximum Gasteiger partial charge on any atom is 0.254 e. The van der Waals surface area contributed by atoms with E-state index in [0.29, 0.717) is 17.9 Å². The molecule has 23 heavy (non-hydrogen) atoms. The summed E-state index contributed by atoms with van der Waals surface area (Å²) < 4.78 is 13.4. The van der Waals surface area contributed by atoms with Crippen LogP contribution in [0.25, 0.3) is 0 Å². The van der Waals surface area contributed by atoms with E-state index in [-0.39, 0.29) is 17.1 Å². The quantitative estimate of drug-likeness (QED) is 0.920. The van der Waals surface area contributed by atoms with Crippen LogP contribution in [0.4, 0.5) is 10.2 Å². The van der Waals surface area contributed by atoms with Gasteiger partial charge in [0.1, 0.15) is 11.6 Å². The Hall–Kier alpha value is -2.43. The largest absolute Gasteiger partial charge is 0.369 e. The van der Waals surface area contributed by atoms with Gasteiger partial charge in [-0.3, -0.25) is 4.79 Å². The summed E-state index contributed by atoms with van der Waals surface area (Å²) in [7, 11) is 3.41. The number of rotatable bonds is 5. The van der Waals surface area contributed by atoms with Crippen LogP contribution in [0.5, 0.6) is 0 Å². The monoisotopic (exact) mass is 315 g/mol. The van der Waals surface area contributed by atoms with Gasteiger partial charge in [0.2, 0.25) is 0 Å². The molecule has 1 aromatic carbocycles. The van der Waals surface area contributed by atoms with Crippen molar-refractivity contribution < 1.29 is 9.18 Å². The van der Waals surface area contributed by atoms with Crippen LogP contribution in [0, 0.1) is 5.82 Å². The molecule has 1 amide bonds. The molecule has 2 aromatic rings. The predicted octanol–water partition coefficient (Wildman–Crippen LogP) is 3.31. The summed E-state index contributed by atoms with van der Waals surface area (Å²) in [5, 5.41) is 3.24. The summed E-state index contributed by atoms with van der Waals surface area (Å²) in [5.74, 6) is 0.370. The first kappa shape index (κ1) is 16.9. The van der Waals surface area contributed by atoms with E-state index in [1.807, 2.05) is 19.9 Å². The zero-order valence-corrected chi connectivity index (χ0v) is 13.9. The van der Waals surface area contributed by atoms with Crippen molar-refractivity contribution in [1.29, 1.82) is 0 Å².